The monoisotopic (exact) mass is 284 g/mol. The van der Waals surface area contributed by atoms with Crippen LogP contribution in [0.1, 0.15) is 17.3 Å². The maximum absolute atomic E-state index is 12.2. The molecule has 0 radical (unpaired) electrons. The Morgan fingerprint density at radius 2 is 1.62 bits per heavy atom. The zero-order valence-corrected chi connectivity index (χ0v) is 11.8. The largest absolute Gasteiger partial charge is 0.497 e. The predicted octanol–water partition coefficient (Wildman–Crippen LogP) is 2.91. The van der Waals surface area contributed by atoms with Gasteiger partial charge >= 0.3 is 0 Å². The van der Waals surface area contributed by atoms with Crippen molar-refractivity contribution in [3.63, 3.8) is 0 Å². The smallest absolute Gasteiger partial charge is 0.255 e. The third-order valence-electron chi connectivity index (χ3n) is 2.77. The van der Waals surface area contributed by atoms with Gasteiger partial charge in [0.15, 0.2) is 0 Å². The van der Waals surface area contributed by atoms with E-state index in [1.807, 2.05) is 0 Å². The van der Waals surface area contributed by atoms with Crippen molar-refractivity contribution in [3.05, 3.63) is 54.1 Å². The molecule has 0 saturated heterocycles. The van der Waals surface area contributed by atoms with Crippen LogP contribution in [0.3, 0.4) is 0 Å². The highest BCUT2D eigenvalue weighted by Crippen LogP contribution is 2.18. The Balaban J connectivity index is 2.14. The van der Waals surface area contributed by atoms with E-state index in [4.69, 9.17) is 4.74 Å². The van der Waals surface area contributed by atoms with Crippen LogP contribution in [0.25, 0.3) is 0 Å². The molecule has 0 fully saturated rings. The van der Waals surface area contributed by atoms with E-state index in [1.165, 1.54) is 6.92 Å². The summed E-state index contributed by atoms with van der Waals surface area (Å²) in [6.45, 7) is 1.42. The normalized spacial score (nSPS) is 9.81. The molecule has 0 spiro atoms. The molecular weight excluding hydrogens is 268 g/mol. The molecule has 0 heterocycles. The second-order valence-electron chi connectivity index (χ2n) is 4.45. The fourth-order valence-electron chi connectivity index (χ4n) is 1.85. The second-order valence-corrected chi connectivity index (χ2v) is 4.45. The highest BCUT2D eigenvalue weighted by atomic mass is 16.5. The highest BCUT2D eigenvalue weighted by Gasteiger charge is 2.07. The van der Waals surface area contributed by atoms with Gasteiger partial charge in [-0.25, -0.2) is 0 Å². The third-order valence-corrected chi connectivity index (χ3v) is 2.77. The van der Waals surface area contributed by atoms with Crippen LogP contribution >= 0.6 is 0 Å². The lowest BCUT2D eigenvalue weighted by molar-refractivity contribution is -0.114. The molecule has 2 amide bonds. The van der Waals surface area contributed by atoms with E-state index < -0.39 is 0 Å². The predicted molar refractivity (Wildman–Crippen MR) is 81.7 cm³/mol. The summed E-state index contributed by atoms with van der Waals surface area (Å²) in [5.41, 5.74) is 1.69. The SMILES string of the molecule is COc1cccc(NC(=O)c2cccc(NC(C)=O)c2)c1. The Kier molecular flexibility index (Phi) is 4.56. The van der Waals surface area contributed by atoms with Gasteiger partial charge in [0.2, 0.25) is 5.91 Å². The molecule has 108 valence electrons. The Morgan fingerprint density at radius 3 is 2.29 bits per heavy atom. The third kappa shape index (κ3) is 4.07. The number of amides is 2. The number of rotatable bonds is 4. The topological polar surface area (TPSA) is 67.4 Å². The molecule has 2 rings (SSSR count). The number of carbonyl (C=O) groups is 2. The molecule has 2 aromatic rings. The van der Waals surface area contributed by atoms with E-state index >= 15 is 0 Å². The first-order valence-electron chi connectivity index (χ1n) is 6.41. The Bertz CT molecular complexity index is 668. The number of benzene rings is 2. The van der Waals surface area contributed by atoms with Crippen molar-refractivity contribution >= 4 is 23.2 Å². The van der Waals surface area contributed by atoms with Crippen LogP contribution in [-0.2, 0) is 4.79 Å². The highest BCUT2D eigenvalue weighted by molar-refractivity contribution is 6.05. The van der Waals surface area contributed by atoms with E-state index in [-0.39, 0.29) is 11.8 Å². The number of anilines is 2. The van der Waals surface area contributed by atoms with Gasteiger partial charge in [0.1, 0.15) is 5.75 Å². The maximum Gasteiger partial charge on any atom is 0.255 e. The van der Waals surface area contributed by atoms with Crippen LogP contribution in [0.4, 0.5) is 11.4 Å². The lowest BCUT2D eigenvalue weighted by Crippen LogP contribution is -2.13. The number of hydrogen-bond donors (Lipinski definition) is 2. The van der Waals surface area contributed by atoms with Crippen molar-refractivity contribution in [2.45, 2.75) is 6.92 Å². The standard InChI is InChI=1S/C16H16N2O3/c1-11(19)17-13-6-3-5-12(9-13)16(20)18-14-7-4-8-15(10-14)21-2/h3-10H,1-2H3,(H,17,19)(H,18,20). The molecule has 2 aromatic carbocycles. The summed E-state index contributed by atoms with van der Waals surface area (Å²) in [5, 5.41) is 5.43. The minimum atomic E-state index is -0.254. The summed E-state index contributed by atoms with van der Waals surface area (Å²) in [4.78, 5) is 23.2. The number of carbonyl (C=O) groups excluding carboxylic acids is 2. The number of hydrogen-bond acceptors (Lipinski definition) is 3. The molecule has 0 aromatic heterocycles. The van der Waals surface area contributed by atoms with Crippen LogP contribution in [0.5, 0.6) is 5.75 Å². The van der Waals surface area contributed by atoms with Crippen molar-refractivity contribution in [1.29, 1.82) is 0 Å². The molecule has 0 aliphatic carbocycles. The number of ether oxygens (including phenoxy) is 1. The number of methoxy groups -OCH3 is 1. The lowest BCUT2D eigenvalue weighted by Gasteiger charge is -2.08. The maximum atomic E-state index is 12.2. The van der Waals surface area contributed by atoms with Gasteiger partial charge in [-0.3, -0.25) is 9.59 Å². The summed E-state index contributed by atoms with van der Waals surface area (Å²) in [6.07, 6.45) is 0. The van der Waals surface area contributed by atoms with E-state index in [1.54, 1.807) is 55.6 Å². The molecule has 0 aliphatic heterocycles. The summed E-state index contributed by atoms with van der Waals surface area (Å²) in [6, 6.07) is 13.8. The van der Waals surface area contributed by atoms with Gasteiger partial charge in [0, 0.05) is 29.9 Å². The van der Waals surface area contributed by atoms with Crippen LogP contribution in [0.2, 0.25) is 0 Å². The molecule has 0 unspecified atom stereocenters. The minimum absolute atomic E-state index is 0.180. The molecule has 2 N–H and O–H groups in total. The number of nitrogens with one attached hydrogen (secondary N) is 2. The van der Waals surface area contributed by atoms with Crippen molar-refractivity contribution in [2.24, 2.45) is 0 Å². The van der Waals surface area contributed by atoms with E-state index in [2.05, 4.69) is 10.6 Å². The van der Waals surface area contributed by atoms with Crippen molar-refractivity contribution in [3.8, 4) is 5.75 Å². The quantitative estimate of drug-likeness (QED) is 0.907. The summed E-state index contributed by atoms with van der Waals surface area (Å²) < 4.78 is 5.11. The summed E-state index contributed by atoms with van der Waals surface area (Å²) in [5.74, 6) is 0.232. The van der Waals surface area contributed by atoms with Crippen molar-refractivity contribution in [1.82, 2.24) is 0 Å². The fraction of sp³-hybridized carbons (Fsp3) is 0.125. The molecule has 0 atom stereocenters. The van der Waals surface area contributed by atoms with E-state index in [9.17, 15) is 9.59 Å². The molecule has 0 bridgehead atoms. The zero-order chi connectivity index (χ0) is 15.2. The van der Waals surface area contributed by atoms with Crippen molar-refractivity contribution in [2.75, 3.05) is 17.7 Å². The van der Waals surface area contributed by atoms with E-state index in [0.29, 0.717) is 22.7 Å². The van der Waals surface area contributed by atoms with Crippen LogP contribution in [-0.4, -0.2) is 18.9 Å². The Labute approximate surface area is 122 Å². The van der Waals surface area contributed by atoms with Gasteiger partial charge in [0.25, 0.3) is 5.91 Å². The summed E-state index contributed by atoms with van der Waals surface area (Å²) in [7, 11) is 1.57. The lowest BCUT2D eigenvalue weighted by atomic mass is 10.2. The Hall–Kier alpha value is -2.82. The average molecular weight is 284 g/mol. The van der Waals surface area contributed by atoms with Crippen LogP contribution in [0, 0.1) is 0 Å². The molecule has 21 heavy (non-hydrogen) atoms. The first kappa shape index (κ1) is 14.6. The van der Waals surface area contributed by atoms with Crippen molar-refractivity contribution < 1.29 is 14.3 Å². The van der Waals surface area contributed by atoms with Crippen LogP contribution < -0.4 is 15.4 Å². The minimum Gasteiger partial charge on any atom is -0.497 e. The van der Waals surface area contributed by atoms with Gasteiger partial charge < -0.3 is 15.4 Å². The van der Waals surface area contributed by atoms with Gasteiger partial charge in [-0.2, -0.15) is 0 Å². The molecule has 0 saturated carbocycles. The van der Waals surface area contributed by atoms with E-state index in [0.717, 1.165) is 0 Å². The Morgan fingerprint density at radius 1 is 0.952 bits per heavy atom. The first-order chi connectivity index (χ1) is 10.1. The molecule has 0 aliphatic rings. The molecule has 5 heteroatoms. The second kappa shape index (κ2) is 6.56. The molecule has 5 nitrogen and oxygen atoms in total. The fourth-order valence-corrected chi connectivity index (χ4v) is 1.85. The van der Waals surface area contributed by atoms with Crippen LogP contribution in [0.15, 0.2) is 48.5 Å². The van der Waals surface area contributed by atoms with Gasteiger partial charge in [-0.1, -0.05) is 12.1 Å². The first-order valence-corrected chi connectivity index (χ1v) is 6.41. The van der Waals surface area contributed by atoms with Gasteiger partial charge in [-0.05, 0) is 30.3 Å². The zero-order valence-electron chi connectivity index (χ0n) is 11.8. The molecular formula is C16H16N2O3. The average Bonchev–Trinajstić information content (AvgIpc) is 2.47. The van der Waals surface area contributed by atoms with Gasteiger partial charge in [0.05, 0.1) is 7.11 Å². The summed E-state index contributed by atoms with van der Waals surface area (Å²) >= 11 is 0. The van der Waals surface area contributed by atoms with Gasteiger partial charge in [-0.15, -0.1) is 0 Å².